The van der Waals surface area contributed by atoms with E-state index in [1.165, 1.54) is 168 Å². The molecule has 0 aliphatic heterocycles. The molecule has 0 heterocycles. The molecule has 0 aliphatic carbocycles. The molecule has 2 aromatic rings. The van der Waals surface area contributed by atoms with Gasteiger partial charge < -0.3 is 29.2 Å². The van der Waals surface area contributed by atoms with Crippen molar-refractivity contribution in [2.75, 3.05) is 27.4 Å². The van der Waals surface area contributed by atoms with E-state index in [-0.39, 0.29) is 23.4 Å². The van der Waals surface area contributed by atoms with E-state index >= 15 is 0 Å². The van der Waals surface area contributed by atoms with Gasteiger partial charge in [0.1, 0.15) is 0 Å². The van der Waals surface area contributed by atoms with Crippen molar-refractivity contribution >= 4 is 24.1 Å². The van der Waals surface area contributed by atoms with E-state index < -0.39 is 0 Å². The fraction of sp³-hybridized carbons (Fsp3) is 0.625. The molecule has 0 fully saturated rings. The van der Waals surface area contributed by atoms with Crippen LogP contribution in [-0.2, 0) is 19.1 Å². The Labute approximate surface area is 339 Å². The molecule has 2 aromatic carbocycles. The average molecular weight is 779 g/mol. The van der Waals surface area contributed by atoms with Crippen molar-refractivity contribution in [1.82, 2.24) is 0 Å². The van der Waals surface area contributed by atoms with Crippen LogP contribution in [0.1, 0.15) is 178 Å². The number of unbranched alkanes of at least 4 members (excludes halogenated alkanes) is 25. The number of rotatable bonds is 35. The van der Waals surface area contributed by atoms with Crippen LogP contribution in [0.15, 0.2) is 48.6 Å². The van der Waals surface area contributed by atoms with Gasteiger partial charge in [-0.25, -0.2) is 9.59 Å². The van der Waals surface area contributed by atoms with Gasteiger partial charge >= 0.3 is 11.9 Å². The molecule has 0 atom stereocenters. The number of aromatic hydroxyl groups is 2. The average Bonchev–Trinajstić information content (AvgIpc) is 3.20. The fourth-order valence-corrected chi connectivity index (χ4v) is 6.81. The van der Waals surface area contributed by atoms with E-state index in [0.29, 0.717) is 24.7 Å². The number of methoxy groups -OCH3 is 2. The summed E-state index contributed by atoms with van der Waals surface area (Å²) < 4.78 is 20.8. The molecule has 8 nitrogen and oxygen atoms in total. The summed E-state index contributed by atoms with van der Waals surface area (Å²) in [4.78, 5) is 23.9. The van der Waals surface area contributed by atoms with Crippen LogP contribution in [0.25, 0.3) is 12.2 Å². The Morgan fingerprint density at radius 2 is 0.679 bits per heavy atom. The molecule has 314 valence electrons. The Hall–Kier alpha value is -3.94. The van der Waals surface area contributed by atoms with Crippen LogP contribution in [0.3, 0.4) is 0 Å². The van der Waals surface area contributed by atoms with Crippen LogP contribution in [0.2, 0.25) is 0 Å². The van der Waals surface area contributed by atoms with Crippen LogP contribution in [-0.4, -0.2) is 49.6 Å². The summed E-state index contributed by atoms with van der Waals surface area (Å²) in [6, 6.07) is 9.87. The summed E-state index contributed by atoms with van der Waals surface area (Å²) >= 11 is 0. The van der Waals surface area contributed by atoms with E-state index in [1.807, 2.05) is 0 Å². The molecular formula is C48H74O8. The number of hydrogen-bond donors (Lipinski definition) is 2. The minimum atomic E-state index is -0.344. The standard InChI is InChI=1S/C48H74O8/c1-53-45-39-41(29-33-43(45)49)31-35-47(51)55-37-27-25-23-21-19-17-15-13-11-9-7-5-3-4-6-8-10-12-14-16-18-20-22-24-26-28-38-56-48(52)36-32-42-30-34-44(50)46(40-42)54-2/h29-36,39-40,49-50H,3-28,37-38H2,1-2H3. The molecule has 0 bridgehead atoms. The Bertz CT molecular complexity index is 1260. The molecule has 0 saturated carbocycles. The molecule has 56 heavy (non-hydrogen) atoms. The van der Waals surface area contributed by atoms with Crippen LogP contribution in [0.5, 0.6) is 23.0 Å². The quantitative estimate of drug-likeness (QED) is 0.0404. The summed E-state index contributed by atoms with van der Waals surface area (Å²) in [6.45, 7) is 0.916. The van der Waals surface area contributed by atoms with Crippen molar-refractivity contribution < 1.29 is 38.7 Å². The zero-order valence-corrected chi connectivity index (χ0v) is 34.9. The first-order chi connectivity index (χ1) is 27.4. The summed E-state index contributed by atoms with van der Waals surface area (Å²) in [7, 11) is 2.99. The number of phenols is 2. The summed E-state index contributed by atoms with van der Waals surface area (Å²) in [5, 5.41) is 19.3. The first kappa shape index (κ1) is 48.2. The van der Waals surface area contributed by atoms with E-state index in [2.05, 4.69) is 0 Å². The topological polar surface area (TPSA) is 112 Å². The monoisotopic (exact) mass is 779 g/mol. The lowest BCUT2D eigenvalue weighted by molar-refractivity contribution is -0.138. The highest BCUT2D eigenvalue weighted by atomic mass is 16.5. The number of benzene rings is 2. The second kappa shape index (κ2) is 33.2. The zero-order chi connectivity index (χ0) is 40.3. The van der Waals surface area contributed by atoms with Gasteiger partial charge in [-0.1, -0.05) is 166 Å². The van der Waals surface area contributed by atoms with Crippen molar-refractivity contribution in [2.24, 2.45) is 0 Å². The normalized spacial score (nSPS) is 11.4. The summed E-state index contributed by atoms with van der Waals surface area (Å²) in [5.74, 6) is 0.210. The molecule has 0 radical (unpaired) electrons. The molecule has 2 rings (SSSR count). The molecule has 0 aliphatic rings. The van der Waals surface area contributed by atoms with Gasteiger partial charge in [-0.05, 0) is 60.4 Å². The number of carbonyl (C=O) groups is 2. The van der Waals surface area contributed by atoms with Gasteiger partial charge in [0.05, 0.1) is 27.4 Å². The van der Waals surface area contributed by atoms with Gasteiger partial charge in [-0.15, -0.1) is 0 Å². The lowest BCUT2D eigenvalue weighted by Crippen LogP contribution is -2.02. The second-order valence-corrected chi connectivity index (χ2v) is 15.1. The van der Waals surface area contributed by atoms with E-state index in [0.717, 1.165) is 36.8 Å². The minimum Gasteiger partial charge on any atom is -0.504 e. The zero-order valence-electron chi connectivity index (χ0n) is 34.9. The highest BCUT2D eigenvalue weighted by molar-refractivity contribution is 5.87. The van der Waals surface area contributed by atoms with E-state index in [4.69, 9.17) is 18.9 Å². The van der Waals surface area contributed by atoms with Crippen LogP contribution in [0, 0.1) is 0 Å². The van der Waals surface area contributed by atoms with Crippen molar-refractivity contribution in [3.05, 3.63) is 59.7 Å². The molecule has 2 N–H and O–H groups in total. The van der Waals surface area contributed by atoms with Crippen LogP contribution >= 0.6 is 0 Å². The predicted molar refractivity (Wildman–Crippen MR) is 229 cm³/mol. The summed E-state index contributed by atoms with van der Waals surface area (Å²) in [5.41, 5.74) is 1.54. The van der Waals surface area contributed by atoms with Crippen molar-refractivity contribution in [3.63, 3.8) is 0 Å². The molecule has 0 saturated heterocycles. The smallest absolute Gasteiger partial charge is 0.330 e. The van der Waals surface area contributed by atoms with Crippen molar-refractivity contribution in [3.8, 4) is 23.0 Å². The Kier molecular flexibility index (Phi) is 28.6. The van der Waals surface area contributed by atoms with E-state index in [1.54, 1.807) is 48.6 Å². The lowest BCUT2D eigenvalue weighted by Gasteiger charge is -2.05. The minimum absolute atomic E-state index is 0.0728. The van der Waals surface area contributed by atoms with Crippen LogP contribution < -0.4 is 9.47 Å². The highest BCUT2D eigenvalue weighted by Gasteiger charge is 2.04. The Balaban J connectivity index is 1.22. The van der Waals surface area contributed by atoms with Gasteiger partial charge in [0, 0.05) is 12.2 Å². The Morgan fingerprint density at radius 3 is 0.929 bits per heavy atom. The first-order valence-electron chi connectivity index (χ1n) is 21.9. The maximum atomic E-state index is 11.9. The van der Waals surface area contributed by atoms with Crippen molar-refractivity contribution in [1.29, 1.82) is 0 Å². The number of phenolic OH excluding ortho intramolecular Hbond substituents is 2. The maximum absolute atomic E-state index is 11.9. The maximum Gasteiger partial charge on any atom is 0.330 e. The van der Waals surface area contributed by atoms with Crippen LogP contribution in [0.4, 0.5) is 0 Å². The second-order valence-electron chi connectivity index (χ2n) is 15.1. The number of ether oxygens (including phenoxy) is 4. The van der Waals surface area contributed by atoms with E-state index in [9.17, 15) is 19.8 Å². The largest absolute Gasteiger partial charge is 0.504 e. The third kappa shape index (κ3) is 25.3. The molecule has 0 aromatic heterocycles. The highest BCUT2D eigenvalue weighted by Crippen LogP contribution is 2.28. The fourth-order valence-electron chi connectivity index (χ4n) is 6.81. The molecule has 0 unspecified atom stereocenters. The number of carbonyl (C=O) groups excluding carboxylic acids is 2. The van der Waals surface area contributed by atoms with Gasteiger partial charge in [0.15, 0.2) is 23.0 Å². The SMILES string of the molecule is COc1cc(C=CC(=O)OCCCCCCCCCCCCCCCCCCCCCCCCCCCCOC(=O)C=Cc2ccc(O)c(OC)c2)ccc1O. The molecule has 8 heteroatoms. The molecule has 0 spiro atoms. The van der Waals surface area contributed by atoms with Gasteiger partial charge in [0.25, 0.3) is 0 Å². The summed E-state index contributed by atoms with van der Waals surface area (Å²) in [6.07, 6.45) is 39.8. The lowest BCUT2D eigenvalue weighted by atomic mass is 10.0. The number of hydrogen-bond acceptors (Lipinski definition) is 8. The third-order valence-corrected chi connectivity index (χ3v) is 10.3. The van der Waals surface area contributed by atoms with Gasteiger partial charge in [-0.3, -0.25) is 0 Å². The van der Waals surface area contributed by atoms with Crippen molar-refractivity contribution in [2.45, 2.75) is 167 Å². The molecule has 0 amide bonds. The molecular weight excluding hydrogens is 705 g/mol. The Morgan fingerprint density at radius 1 is 0.429 bits per heavy atom. The van der Waals surface area contributed by atoms with Gasteiger partial charge in [0.2, 0.25) is 0 Å². The predicted octanol–water partition coefficient (Wildman–Crippen LogP) is 13.1. The number of esters is 2. The first-order valence-corrected chi connectivity index (χ1v) is 21.9. The third-order valence-electron chi connectivity index (χ3n) is 10.3. The van der Waals surface area contributed by atoms with Gasteiger partial charge in [-0.2, -0.15) is 0 Å².